The number of primary amides is 1. The molecular weight excluding hydrogens is 461 g/mol. The van der Waals surface area contributed by atoms with Crippen molar-refractivity contribution in [3.63, 3.8) is 0 Å². The number of anilines is 1. The first-order chi connectivity index (χ1) is 16.3. The Morgan fingerprint density at radius 3 is 2.20 bits per heavy atom. The highest BCUT2D eigenvalue weighted by Crippen LogP contribution is 2.30. The minimum Gasteiger partial charge on any atom is -0.370 e. The number of halogens is 3. The van der Waals surface area contributed by atoms with Crippen LogP contribution in [0, 0.1) is 17.2 Å². The van der Waals surface area contributed by atoms with Gasteiger partial charge in [-0.2, -0.15) is 13.2 Å². The highest BCUT2D eigenvalue weighted by molar-refractivity contribution is 6.15. The van der Waals surface area contributed by atoms with Crippen molar-refractivity contribution in [2.24, 2.45) is 17.6 Å². The second-order valence-corrected chi connectivity index (χ2v) is 8.63. The van der Waals surface area contributed by atoms with Gasteiger partial charge in [-0.1, -0.05) is 44.2 Å². The molecule has 188 valence electrons. The second kappa shape index (κ2) is 11.6. The maximum Gasteiger partial charge on any atom is 0.416 e. The van der Waals surface area contributed by atoms with Crippen molar-refractivity contribution >= 4 is 29.1 Å². The van der Waals surface area contributed by atoms with Gasteiger partial charge < -0.3 is 16.0 Å². The molecule has 2 aromatic rings. The number of hydrogen-bond donors (Lipinski definition) is 3. The van der Waals surface area contributed by atoms with Crippen molar-refractivity contribution in [3.05, 3.63) is 65.2 Å². The predicted octanol–water partition coefficient (Wildman–Crippen LogP) is 3.74. The molecule has 0 fully saturated rings. The summed E-state index contributed by atoms with van der Waals surface area (Å²) in [6, 6.07) is 10.7. The molecule has 0 aliphatic rings. The fourth-order valence-electron chi connectivity index (χ4n) is 3.61. The molecule has 0 aliphatic heterocycles. The third-order valence-corrected chi connectivity index (χ3v) is 5.40. The Labute approximate surface area is 202 Å². The average molecular weight is 491 g/mol. The summed E-state index contributed by atoms with van der Waals surface area (Å²) >= 11 is 0. The van der Waals surface area contributed by atoms with Gasteiger partial charge in [0.25, 0.3) is 0 Å². The molecular formula is C25H29F3N4O3. The van der Waals surface area contributed by atoms with E-state index in [1.165, 1.54) is 24.1 Å². The highest BCUT2D eigenvalue weighted by Gasteiger charge is 2.30. The molecule has 0 heterocycles. The number of hydrogen-bond acceptors (Lipinski definition) is 4. The molecule has 0 spiro atoms. The number of benzene rings is 2. The maximum atomic E-state index is 12.9. The van der Waals surface area contributed by atoms with Gasteiger partial charge >= 0.3 is 6.18 Å². The van der Waals surface area contributed by atoms with Crippen molar-refractivity contribution in [2.45, 2.75) is 32.9 Å². The van der Waals surface area contributed by atoms with Gasteiger partial charge in [-0.15, -0.1) is 0 Å². The molecule has 1 atom stereocenters. The van der Waals surface area contributed by atoms with Gasteiger partial charge in [-0.25, -0.2) is 0 Å². The minimum atomic E-state index is -4.48. The van der Waals surface area contributed by atoms with Crippen LogP contribution in [0.2, 0.25) is 0 Å². The summed E-state index contributed by atoms with van der Waals surface area (Å²) in [5, 5.41) is 11.0. The van der Waals surface area contributed by atoms with Crippen LogP contribution in [0.3, 0.4) is 0 Å². The monoisotopic (exact) mass is 490 g/mol. The average Bonchev–Trinajstić information content (AvgIpc) is 2.79. The number of alkyl halides is 3. The largest absolute Gasteiger partial charge is 0.416 e. The Hall–Kier alpha value is -3.69. The molecule has 0 saturated heterocycles. The molecule has 4 N–H and O–H groups in total. The van der Waals surface area contributed by atoms with Gasteiger partial charge in [0.15, 0.2) is 0 Å². The molecule has 0 bridgehead atoms. The normalized spacial score (nSPS) is 12.2. The van der Waals surface area contributed by atoms with Gasteiger partial charge in [0.2, 0.25) is 17.7 Å². The summed E-state index contributed by atoms with van der Waals surface area (Å²) in [5.74, 6) is -2.04. The van der Waals surface area contributed by atoms with Crippen LogP contribution in [0.1, 0.15) is 43.4 Å². The summed E-state index contributed by atoms with van der Waals surface area (Å²) in [6.45, 7) is 3.47. The van der Waals surface area contributed by atoms with Crippen molar-refractivity contribution in [1.82, 2.24) is 5.32 Å². The smallest absolute Gasteiger partial charge is 0.370 e. The standard InChI is InChI=1S/C25H29F3N4O3/c1-15(2)12-17(13-21(29)33)24(35)31-14-22(34)32(3)20-7-5-4-6-19(20)23(30)16-8-10-18(11-9-16)25(26,27)28/h4-11,15,17,30H,12-14H2,1-3H3,(H2,29,33)(H,31,35)/t17-/m1/s1. The van der Waals surface area contributed by atoms with Crippen LogP contribution in [0.25, 0.3) is 0 Å². The van der Waals surface area contributed by atoms with E-state index in [2.05, 4.69) is 5.32 Å². The number of rotatable bonds is 10. The highest BCUT2D eigenvalue weighted by atomic mass is 19.4. The number of para-hydroxylation sites is 1. The zero-order valence-electron chi connectivity index (χ0n) is 19.8. The topological polar surface area (TPSA) is 116 Å². The number of carbonyl (C=O) groups excluding carboxylic acids is 3. The van der Waals surface area contributed by atoms with Crippen LogP contribution in [0.5, 0.6) is 0 Å². The number of amides is 3. The summed E-state index contributed by atoms with van der Waals surface area (Å²) in [4.78, 5) is 37.9. The SMILES string of the molecule is CC(C)C[C@H](CC(N)=O)C(=O)NCC(=O)N(C)c1ccccc1C(=N)c1ccc(C(F)(F)F)cc1. The molecule has 0 radical (unpaired) electrons. The second-order valence-electron chi connectivity index (χ2n) is 8.63. The number of likely N-dealkylation sites (N-methyl/N-ethyl adjacent to an activating group) is 1. The van der Waals surface area contributed by atoms with Crippen molar-refractivity contribution in [2.75, 3.05) is 18.5 Å². The molecule has 0 aromatic heterocycles. The zero-order chi connectivity index (χ0) is 26.3. The van der Waals surface area contributed by atoms with Gasteiger partial charge in [0.1, 0.15) is 0 Å². The third-order valence-electron chi connectivity index (χ3n) is 5.40. The predicted molar refractivity (Wildman–Crippen MR) is 127 cm³/mol. The van der Waals surface area contributed by atoms with Crippen molar-refractivity contribution in [1.29, 1.82) is 5.41 Å². The lowest BCUT2D eigenvalue weighted by Gasteiger charge is -2.22. The fourth-order valence-corrected chi connectivity index (χ4v) is 3.61. The van der Waals surface area contributed by atoms with E-state index in [1.807, 2.05) is 13.8 Å². The molecule has 10 heteroatoms. The number of nitrogens with two attached hydrogens (primary N) is 1. The van der Waals surface area contributed by atoms with E-state index in [-0.39, 0.29) is 30.2 Å². The van der Waals surface area contributed by atoms with Crippen LogP contribution in [0.15, 0.2) is 48.5 Å². The van der Waals surface area contributed by atoms with E-state index in [9.17, 15) is 27.6 Å². The summed E-state index contributed by atoms with van der Waals surface area (Å²) < 4.78 is 38.6. The lowest BCUT2D eigenvalue weighted by Crippen LogP contribution is -2.42. The van der Waals surface area contributed by atoms with Gasteiger partial charge in [0, 0.05) is 30.5 Å². The molecule has 0 unspecified atom stereocenters. The van der Waals surface area contributed by atoms with Crippen LogP contribution in [-0.2, 0) is 20.6 Å². The number of nitrogens with one attached hydrogen (secondary N) is 2. The van der Waals surface area contributed by atoms with E-state index < -0.39 is 35.4 Å². The van der Waals surface area contributed by atoms with E-state index in [4.69, 9.17) is 11.1 Å². The Balaban J connectivity index is 2.16. The lowest BCUT2D eigenvalue weighted by atomic mass is 9.93. The summed E-state index contributed by atoms with van der Waals surface area (Å²) in [7, 11) is 1.47. The lowest BCUT2D eigenvalue weighted by molar-refractivity contribution is -0.137. The first kappa shape index (κ1) is 27.6. The van der Waals surface area contributed by atoms with E-state index in [0.717, 1.165) is 12.1 Å². The third kappa shape index (κ3) is 7.66. The molecule has 0 aliphatic carbocycles. The van der Waals surface area contributed by atoms with Gasteiger partial charge in [-0.3, -0.25) is 19.8 Å². The van der Waals surface area contributed by atoms with E-state index >= 15 is 0 Å². The summed E-state index contributed by atoms with van der Waals surface area (Å²) in [5.41, 5.74) is 5.30. The fraction of sp³-hybridized carbons (Fsp3) is 0.360. The molecule has 0 saturated carbocycles. The van der Waals surface area contributed by atoms with Crippen molar-refractivity contribution < 1.29 is 27.6 Å². The van der Waals surface area contributed by atoms with Crippen LogP contribution < -0.4 is 16.0 Å². The minimum absolute atomic E-state index is 0.0588. The van der Waals surface area contributed by atoms with E-state index in [0.29, 0.717) is 17.7 Å². The van der Waals surface area contributed by atoms with Crippen LogP contribution in [-0.4, -0.2) is 37.0 Å². The van der Waals surface area contributed by atoms with Crippen molar-refractivity contribution in [3.8, 4) is 0 Å². The summed E-state index contributed by atoms with van der Waals surface area (Å²) in [6.07, 6.45) is -4.17. The van der Waals surface area contributed by atoms with Crippen LogP contribution >= 0.6 is 0 Å². The Kier molecular flexibility index (Phi) is 9.16. The number of carbonyl (C=O) groups is 3. The molecule has 35 heavy (non-hydrogen) atoms. The first-order valence-electron chi connectivity index (χ1n) is 11.0. The molecule has 2 aromatic carbocycles. The molecule has 7 nitrogen and oxygen atoms in total. The maximum absolute atomic E-state index is 12.9. The number of nitrogens with zero attached hydrogens (tertiary/aromatic N) is 1. The van der Waals surface area contributed by atoms with Gasteiger partial charge in [0.05, 0.1) is 23.5 Å². The Morgan fingerprint density at radius 1 is 1.06 bits per heavy atom. The molecule has 3 amide bonds. The van der Waals surface area contributed by atoms with E-state index in [1.54, 1.807) is 24.3 Å². The zero-order valence-corrected chi connectivity index (χ0v) is 19.8. The molecule has 2 rings (SSSR count). The first-order valence-corrected chi connectivity index (χ1v) is 11.0. The Bertz CT molecular complexity index is 1080. The van der Waals surface area contributed by atoms with Crippen LogP contribution in [0.4, 0.5) is 18.9 Å². The van der Waals surface area contributed by atoms with Gasteiger partial charge in [-0.05, 0) is 30.5 Å². The Morgan fingerprint density at radius 2 is 1.66 bits per heavy atom. The quantitative estimate of drug-likeness (QED) is 0.441.